The predicted octanol–water partition coefficient (Wildman–Crippen LogP) is 3.77. The van der Waals surface area contributed by atoms with Crippen LogP contribution in [0.5, 0.6) is 0 Å². The fourth-order valence-electron chi connectivity index (χ4n) is 4.08. The fourth-order valence-corrected chi connectivity index (χ4v) is 4.08. The molecule has 1 atom stereocenters. The lowest BCUT2D eigenvalue weighted by atomic mass is 9.89. The molecule has 150 valence electrons. The molecular weight excluding hydrogens is 358 g/mol. The SMILES string of the molecule is CC(C)(C)Cc1noc2nc(C3CC3)cc(C(=O)N3CCCC3CC(=O)O)c12. The third-order valence-corrected chi connectivity index (χ3v) is 5.51. The number of rotatable bonds is 5. The van der Waals surface area contributed by atoms with Crippen molar-refractivity contribution in [2.45, 2.75) is 71.3 Å². The van der Waals surface area contributed by atoms with Crippen molar-refractivity contribution in [2.24, 2.45) is 5.41 Å². The van der Waals surface area contributed by atoms with Gasteiger partial charge in [0.15, 0.2) is 0 Å². The van der Waals surface area contributed by atoms with Crippen LogP contribution in [0.25, 0.3) is 11.1 Å². The maximum Gasteiger partial charge on any atom is 0.305 e. The molecular formula is C21H27N3O4. The summed E-state index contributed by atoms with van der Waals surface area (Å²) in [4.78, 5) is 31.1. The third kappa shape index (κ3) is 3.75. The Labute approximate surface area is 164 Å². The van der Waals surface area contributed by atoms with Gasteiger partial charge in [-0.2, -0.15) is 0 Å². The van der Waals surface area contributed by atoms with Crippen molar-refractivity contribution in [2.75, 3.05) is 6.54 Å². The Morgan fingerprint density at radius 1 is 1.29 bits per heavy atom. The maximum atomic E-state index is 13.5. The highest BCUT2D eigenvalue weighted by molar-refractivity contribution is 6.06. The Kier molecular flexibility index (Phi) is 4.63. The van der Waals surface area contributed by atoms with Crippen molar-refractivity contribution < 1.29 is 19.2 Å². The summed E-state index contributed by atoms with van der Waals surface area (Å²) in [6, 6.07) is 1.63. The number of hydrogen-bond donors (Lipinski definition) is 1. The predicted molar refractivity (Wildman–Crippen MR) is 103 cm³/mol. The van der Waals surface area contributed by atoms with Gasteiger partial charge in [0.2, 0.25) is 0 Å². The highest BCUT2D eigenvalue weighted by Crippen LogP contribution is 2.41. The second kappa shape index (κ2) is 6.87. The molecule has 1 amide bonds. The van der Waals surface area contributed by atoms with Crippen LogP contribution in [-0.2, 0) is 11.2 Å². The van der Waals surface area contributed by atoms with Crippen LogP contribution in [0.1, 0.15) is 80.5 Å². The van der Waals surface area contributed by atoms with Crippen LogP contribution < -0.4 is 0 Å². The summed E-state index contributed by atoms with van der Waals surface area (Å²) in [5.74, 6) is -0.626. The average Bonchev–Trinajstić information content (AvgIpc) is 3.24. The standard InChI is InChI=1S/C21H27N3O4/c1-21(2,3)11-16-18-14(10-15(12-6-7-12)22-19(18)28-23-16)20(27)24-8-4-5-13(24)9-17(25)26/h10,12-13H,4-9,11H2,1-3H3,(H,25,26). The van der Waals surface area contributed by atoms with Crippen LogP contribution in [0.15, 0.2) is 10.6 Å². The van der Waals surface area contributed by atoms with Gasteiger partial charge in [-0.1, -0.05) is 25.9 Å². The van der Waals surface area contributed by atoms with E-state index in [1.165, 1.54) is 0 Å². The Morgan fingerprint density at radius 3 is 2.68 bits per heavy atom. The number of carboxylic acid groups (broad SMARTS) is 1. The number of carbonyl (C=O) groups is 2. The highest BCUT2D eigenvalue weighted by Gasteiger charge is 2.35. The quantitative estimate of drug-likeness (QED) is 0.841. The topological polar surface area (TPSA) is 96.5 Å². The molecule has 1 saturated carbocycles. The van der Waals surface area contributed by atoms with E-state index in [4.69, 9.17) is 4.52 Å². The van der Waals surface area contributed by atoms with Crippen molar-refractivity contribution >= 4 is 23.0 Å². The lowest BCUT2D eigenvalue weighted by Crippen LogP contribution is -2.37. The minimum atomic E-state index is -0.873. The van der Waals surface area contributed by atoms with Crippen molar-refractivity contribution in [3.05, 3.63) is 23.0 Å². The van der Waals surface area contributed by atoms with E-state index < -0.39 is 5.97 Å². The number of likely N-dealkylation sites (tertiary alicyclic amines) is 1. The summed E-state index contributed by atoms with van der Waals surface area (Å²) in [7, 11) is 0. The van der Waals surface area contributed by atoms with Gasteiger partial charge in [0.05, 0.1) is 23.1 Å². The first-order valence-electron chi connectivity index (χ1n) is 10.0. The minimum absolute atomic E-state index is 0.0151. The number of aromatic nitrogens is 2. The molecule has 0 spiro atoms. The molecule has 2 aromatic heterocycles. The second-order valence-corrected chi connectivity index (χ2v) is 9.31. The summed E-state index contributed by atoms with van der Waals surface area (Å²) in [5, 5.41) is 14.1. The molecule has 2 aliphatic rings. The molecule has 7 heteroatoms. The molecule has 1 aliphatic heterocycles. The Hall–Kier alpha value is -2.44. The molecule has 1 unspecified atom stereocenters. The molecule has 0 radical (unpaired) electrons. The van der Waals surface area contributed by atoms with Gasteiger partial charge in [-0.25, -0.2) is 4.98 Å². The Bertz CT molecular complexity index is 924. The molecule has 1 N–H and O–H groups in total. The van der Waals surface area contributed by atoms with Gasteiger partial charge in [-0.15, -0.1) is 0 Å². The number of hydrogen-bond acceptors (Lipinski definition) is 5. The van der Waals surface area contributed by atoms with E-state index >= 15 is 0 Å². The van der Waals surface area contributed by atoms with Crippen LogP contribution in [-0.4, -0.2) is 44.6 Å². The fraction of sp³-hybridized carbons (Fsp3) is 0.619. The summed E-state index contributed by atoms with van der Waals surface area (Å²) in [5.41, 5.74) is 2.59. The number of amides is 1. The Morgan fingerprint density at radius 2 is 2.04 bits per heavy atom. The number of carboxylic acids is 1. The molecule has 0 aromatic carbocycles. The third-order valence-electron chi connectivity index (χ3n) is 5.51. The highest BCUT2D eigenvalue weighted by atomic mass is 16.5. The Balaban J connectivity index is 1.78. The molecule has 3 heterocycles. The van der Waals surface area contributed by atoms with Crippen molar-refractivity contribution in [3.8, 4) is 0 Å². The number of pyridine rings is 1. The van der Waals surface area contributed by atoms with Gasteiger partial charge in [0.25, 0.3) is 11.6 Å². The van der Waals surface area contributed by atoms with Gasteiger partial charge in [0.1, 0.15) is 0 Å². The summed E-state index contributed by atoms with van der Waals surface area (Å²) in [6.07, 6.45) is 4.34. The minimum Gasteiger partial charge on any atom is -0.481 e. The lowest BCUT2D eigenvalue weighted by molar-refractivity contribution is -0.137. The second-order valence-electron chi connectivity index (χ2n) is 9.31. The lowest BCUT2D eigenvalue weighted by Gasteiger charge is -2.24. The first kappa shape index (κ1) is 18.9. The zero-order chi connectivity index (χ0) is 20.1. The average molecular weight is 385 g/mol. The van der Waals surface area contributed by atoms with E-state index in [0.29, 0.717) is 35.5 Å². The zero-order valence-electron chi connectivity index (χ0n) is 16.7. The van der Waals surface area contributed by atoms with E-state index in [1.807, 2.05) is 6.07 Å². The largest absolute Gasteiger partial charge is 0.481 e. The van der Waals surface area contributed by atoms with Crippen LogP contribution >= 0.6 is 0 Å². The van der Waals surface area contributed by atoms with Gasteiger partial charge in [-0.3, -0.25) is 9.59 Å². The van der Waals surface area contributed by atoms with Crippen molar-refractivity contribution in [1.29, 1.82) is 0 Å². The molecule has 7 nitrogen and oxygen atoms in total. The summed E-state index contributed by atoms with van der Waals surface area (Å²) >= 11 is 0. The summed E-state index contributed by atoms with van der Waals surface area (Å²) < 4.78 is 5.53. The first-order chi connectivity index (χ1) is 13.2. The van der Waals surface area contributed by atoms with Gasteiger partial charge in [-0.05, 0) is 43.6 Å². The number of aliphatic carboxylic acids is 1. The smallest absolute Gasteiger partial charge is 0.305 e. The number of fused-ring (bicyclic) bond motifs is 1. The van der Waals surface area contributed by atoms with E-state index in [-0.39, 0.29) is 23.8 Å². The molecule has 1 saturated heterocycles. The number of carbonyl (C=O) groups excluding carboxylic acids is 1. The van der Waals surface area contributed by atoms with E-state index in [2.05, 4.69) is 30.9 Å². The van der Waals surface area contributed by atoms with Crippen LogP contribution in [0, 0.1) is 5.41 Å². The zero-order valence-corrected chi connectivity index (χ0v) is 16.7. The monoisotopic (exact) mass is 385 g/mol. The van der Waals surface area contributed by atoms with Crippen molar-refractivity contribution in [3.63, 3.8) is 0 Å². The molecule has 0 bridgehead atoms. The summed E-state index contributed by atoms with van der Waals surface area (Å²) in [6.45, 7) is 6.93. The van der Waals surface area contributed by atoms with E-state index in [9.17, 15) is 14.7 Å². The van der Waals surface area contributed by atoms with Crippen LogP contribution in [0.4, 0.5) is 0 Å². The van der Waals surface area contributed by atoms with Crippen molar-refractivity contribution in [1.82, 2.24) is 15.0 Å². The molecule has 1 aliphatic carbocycles. The molecule has 28 heavy (non-hydrogen) atoms. The molecule has 2 aromatic rings. The normalized spacial score (nSPS) is 20.1. The van der Waals surface area contributed by atoms with E-state index in [1.54, 1.807) is 4.90 Å². The number of nitrogens with zero attached hydrogens (tertiary/aromatic N) is 3. The maximum absolute atomic E-state index is 13.5. The van der Waals surface area contributed by atoms with E-state index in [0.717, 1.165) is 37.1 Å². The molecule has 2 fully saturated rings. The first-order valence-corrected chi connectivity index (χ1v) is 10.0. The molecule has 4 rings (SSSR count). The van der Waals surface area contributed by atoms with Gasteiger partial charge >= 0.3 is 5.97 Å². The van der Waals surface area contributed by atoms with Crippen LogP contribution in [0.3, 0.4) is 0 Å². The van der Waals surface area contributed by atoms with Crippen LogP contribution in [0.2, 0.25) is 0 Å². The van der Waals surface area contributed by atoms with Gasteiger partial charge < -0.3 is 14.5 Å². The van der Waals surface area contributed by atoms with Gasteiger partial charge in [0, 0.05) is 24.2 Å².